The number of fused-ring (bicyclic) bond motifs is 3. The molecular weight excluding hydrogens is 184 g/mol. The zero-order valence-electron chi connectivity index (χ0n) is 8.22. The molecule has 0 saturated heterocycles. The Labute approximate surface area is 87.5 Å². The van der Waals surface area contributed by atoms with Crippen LogP contribution in [0.3, 0.4) is 0 Å². The second-order valence-corrected chi connectivity index (χ2v) is 3.49. The lowest BCUT2D eigenvalue weighted by molar-refractivity contribution is 1.18. The Hall–Kier alpha value is -2.09. The van der Waals surface area contributed by atoms with Crippen molar-refractivity contribution in [1.29, 1.82) is 0 Å². The van der Waals surface area contributed by atoms with Crippen LogP contribution in [0.1, 0.15) is 0 Å². The number of hydrogen-bond donors (Lipinski definition) is 0. The topological polar surface area (TPSA) is 17.8 Å². The molecule has 0 bridgehead atoms. The molecule has 0 N–H and O–H groups in total. The van der Waals surface area contributed by atoms with Gasteiger partial charge >= 0.3 is 0 Å². The van der Waals surface area contributed by atoms with Gasteiger partial charge in [-0.3, -0.25) is 0 Å². The lowest BCUT2D eigenvalue weighted by atomic mass is 10.1. The van der Waals surface area contributed by atoms with Crippen LogP contribution >= 0.6 is 0 Å². The molecule has 0 amide bonds. The molecule has 0 spiro atoms. The normalized spacial score (nSPS) is 10.9. The molecule has 15 heavy (non-hydrogen) atoms. The highest BCUT2D eigenvalue weighted by atomic mass is 15.0. The van der Waals surface area contributed by atoms with Gasteiger partial charge in [0, 0.05) is 11.6 Å². The Balaban J connectivity index is 2.61. The smallest absolute Gasteiger partial charge is 0.0999 e. The van der Waals surface area contributed by atoms with Crippen molar-refractivity contribution in [2.75, 3.05) is 0 Å². The van der Waals surface area contributed by atoms with Crippen LogP contribution in [-0.4, -0.2) is 9.55 Å². The number of benzene rings is 2. The Kier molecular flexibility index (Phi) is 1.62. The summed E-state index contributed by atoms with van der Waals surface area (Å²) in [7, 11) is 0. The minimum absolute atomic E-state index is 1.01. The summed E-state index contributed by atoms with van der Waals surface area (Å²) in [6.45, 7) is 3.78. The van der Waals surface area contributed by atoms with Crippen LogP contribution in [0.15, 0.2) is 49.3 Å². The predicted molar refractivity (Wildman–Crippen MR) is 63.6 cm³/mol. The molecule has 1 heterocycles. The molecule has 2 nitrogen and oxygen atoms in total. The highest BCUT2D eigenvalue weighted by molar-refractivity contribution is 6.04. The number of aromatic nitrogens is 2. The predicted octanol–water partition coefficient (Wildman–Crippen LogP) is 3.29. The first kappa shape index (κ1) is 8.24. The van der Waals surface area contributed by atoms with E-state index >= 15 is 0 Å². The summed E-state index contributed by atoms with van der Waals surface area (Å²) in [6, 6.07) is 12.4. The molecule has 0 aliphatic carbocycles. The van der Waals surface area contributed by atoms with E-state index in [-0.39, 0.29) is 0 Å². The first-order valence-electron chi connectivity index (χ1n) is 4.87. The summed E-state index contributed by atoms with van der Waals surface area (Å²) < 4.78 is 1.96. The van der Waals surface area contributed by atoms with E-state index in [0.717, 1.165) is 11.0 Å². The molecule has 3 rings (SSSR count). The Bertz CT molecular complexity index is 650. The maximum Gasteiger partial charge on any atom is 0.0999 e. The molecular formula is C13H10N2. The van der Waals surface area contributed by atoms with Crippen LogP contribution in [0.4, 0.5) is 0 Å². The molecule has 2 heteroatoms. The average Bonchev–Trinajstić information content (AvgIpc) is 2.72. The summed E-state index contributed by atoms with van der Waals surface area (Å²) in [4.78, 5) is 4.33. The molecule has 1 aromatic heterocycles. The number of nitrogens with zero attached hydrogens (tertiary/aromatic N) is 2. The third kappa shape index (κ3) is 1.08. The molecule has 0 radical (unpaired) electrons. The van der Waals surface area contributed by atoms with Crippen LogP contribution in [0.25, 0.3) is 28.0 Å². The van der Waals surface area contributed by atoms with Crippen molar-refractivity contribution in [3.63, 3.8) is 0 Å². The monoisotopic (exact) mass is 194 g/mol. The Morgan fingerprint density at radius 3 is 2.87 bits per heavy atom. The highest BCUT2D eigenvalue weighted by Gasteiger charge is 2.04. The van der Waals surface area contributed by atoms with Crippen LogP contribution in [0.2, 0.25) is 0 Å². The summed E-state index contributed by atoms with van der Waals surface area (Å²) >= 11 is 0. The quantitative estimate of drug-likeness (QED) is 0.581. The van der Waals surface area contributed by atoms with Crippen molar-refractivity contribution in [2.24, 2.45) is 0 Å². The lowest BCUT2D eigenvalue weighted by Gasteiger charge is -2.01. The molecule has 0 atom stereocenters. The fourth-order valence-corrected chi connectivity index (χ4v) is 1.94. The summed E-state index contributed by atoms with van der Waals surface area (Å²) in [5.74, 6) is 0. The molecule has 72 valence electrons. The largest absolute Gasteiger partial charge is 0.306 e. The first-order chi connectivity index (χ1) is 7.40. The fraction of sp³-hybridized carbons (Fsp3) is 0. The maximum absolute atomic E-state index is 4.33. The van der Waals surface area contributed by atoms with Gasteiger partial charge in [-0.15, -0.1) is 0 Å². The Morgan fingerprint density at radius 2 is 2.00 bits per heavy atom. The van der Waals surface area contributed by atoms with E-state index in [4.69, 9.17) is 0 Å². The van der Waals surface area contributed by atoms with E-state index in [9.17, 15) is 0 Å². The average molecular weight is 194 g/mol. The second-order valence-electron chi connectivity index (χ2n) is 3.49. The molecule has 0 aliphatic rings. The van der Waals surface area contributed by atoms with Gasteiger partial charge in [0.25, 0.3) is 0 Å². The van der Waals surface area contributed by atoms with E-state index < -0.39 is 0 Å². The van der Waals surface area contributed by atoms with Gasteiger partial charge in [-0.05, 0) is 11.5 Å². The van der Waals surface area contributed by atoms with Gasteiger partial charge in [0.05, 0.1) is 17.4 Å². The third-order valence-electron chi connectivity index (χ3n) is 2.66. The lowest BCUT2D eigenvalue weighted by Crippen LogP contribution is -1.83. The highest BCUT2D eigenvalue weighted by Crippen LogP contribution is 2.24. The molecule has 0 fully saturated rings. The van der Waals surface area contributed by atoms with Crippen molar-refractivity contribution in [1.82, 2.24) is 9.55 Å². The molecule has 3 aromatic rings. The SMILES string of the molecule is C=Cn1cnc2ccc3ccccc3c21. The van der Waals surface area contributed by atoms with Gasteiger partial charge in [-0.25, -0.2) is 4.98 Å². The van der Waals surface area contributed by atoms with Crippen LogP contribution < -0.4 is 0 Å². The van der Waals surface area contributed by atoms with Crippen molar-refractivity contribution in [3.8, 4) is 0 Å². The third-order valence-corrected chi connectivity index (χ3v) is 2.66. The fourth-order valence-electron chi connectivity index (χ4n) is 1.94. The van der Waals surface area contributed by atoms with Gasteiger partial charge in [0.15, 0.2) is 0 Å². The first-order valence-corrected chi connectivity index (χ1v) is 4.87. The zero-order chi connectivity index (χ0) is 10.3. The molecule has 0 saturated carbocycles. The Morgan fingerprint density at radius 1 is 1.13 bits per heavy atom. The molecule has 0 aliphatic heterocycles. The van der Waals surface area contributed by atoms with Crippen LogP contribution in [0.5, 0.6) is 0 Å². The minimum Gasteiger partial charge on any atom is -0.306 e. The molecule has 0 unspecified atom stereocenters. The van der Waals surface area contributed by atoms with Crippen molar-refractivity contribution < 1.29 is 0 Å². The van der Waals surface area contributed by atoms with Crippen LogP contribution in [0, 0.1) is 0 Å². The summed E-state index contributed by atoms with van der Waals surface area (Å²) in [6.07, 6.45) is 3.58. The maximum atomic E-state index is 4.33. The second kappa shape index (κ2) is 2.95. The van der Waals surface area contributed by atoms with E-state index in [0.29, 0.717) is 0 Å². The van der Waals surface area contributed by atoms with Gasteiger partial charge < -0.3 is 4.57 Å². The summed E-state index contributed by atoms with van der Waals surface area (Å²) in [5, 5.41) is 2.45. The van der Waals surface area contributed by atoms with Gasteiger partial charge in [0.1, 0.15) is 0 Å². The number of imidazole rings is 1. The van der Waals surface area contributed by atoms with E-state index in [1.807, 2.05) is 22.8 Å². The van der Waals surface area contributed by atoms with Crippen molar-refractivity contribution in [2.45, 2.75) is 0 Å². The summed E-state index contributed by atoms with van der Waals surface area (Å²) in [5.41, 5.74) is 2.14. The molecule has 2 aromatic carbocycles. The van der Waals surface area contributed by atoms with Crippen molar-refractivity contribution in [3.05, 3.63) is 49.3 Å². The van der Waals surface area contributed by atoms with E-state index in [1.165, 1.54) is 10.8 Å². The number of rotatable bonds is 1. The van der Waals surface area contributed by atoms with Crippen molar-refractivity contribution >= 4 is 28.0 Å². The van der Waals surface area contributed by atoms with Crippen LogP contribution in [-0.2, 0) is 0 Å². The van der Waals surface area contributed by atoms with E-state index in [1.54, 1.807) is 12.5 Å². The van der Waals surface area contributed by atoms with Gasteiger partial charge in [0.2, 0.25) is 0 Å². The van der Waals surface area contributed by atoms with Gasteiger partial charge in [-0.1, -0.05) is 36.9 Å². The van der Waals surface area contributed by atoms with E-state index in [2.05, 4.69) is 29.8 Å². The minimum atomic E-state index is 1.01. The standard InChI is InChI=1S/C13H10N2/c1-2-15-9-14-12-8-7-10-5-3-4-6-11(10)13(12)15/h2-9H,1H2. The van der Waals surface area contributed by atoms with Gasteiger partial charge in [-0.2, -0.15) is 0 Å². The number of hydrogen-bond acceptors (Lipinski definition) is 1. The zero-order valence-corrected chi connectivity index (χ0v) is 8.22.